The van der Waals surface area contributed by atoms with Gasteiger partial charge in [-0.3, -0.25) is 4.79 Å². The molecule has 4 rings (SSSR count). The van der Waals surface area contributed by atoms with Crippen molar-refractivity contribution in [3.63, 3.8) is 0 Å². The number of rotatable bonds is 7. The molecule has 4 N–H and O–H groups in total. The maximum Gasteiger partial charge on any atom is 0.270 e. The van der Waals surface area contributed by atoms with Crippen molar-refractivity contribution in [2.45, 2.75) is 12.5 Å². The summed E-state index contributed by atoms with van der Waals surface area (Å²) >= 11 is 1.47. The fourth-order valence-electron chi connectivity index (χ4n) is 2.86. The molecule has 0 saturated carbocycles. The predicted molar refractivity (Wildman–Crippen MR) is 111 cm³/mol. The van der Waals surface area contributed by atoms with E-state index in [1.54, 1.807) is 12.1 Å². The van der Waals surface area contributed by atoms with Crippen LogP contribution < -0.4 is 11.1 Å². The average molecular weight is 406 g/mol. The lowest BCUT2D eigenvalue weighted by atomic mass is 10.1. The molecule has 0 fully saturated rings. The molecular weight excluding hydrogens is 388 g/mol. The SMILES string of the molecule is NC(=O)c1coc([C@H](Cc2ccc(O)cc2)Nc2nc(-c3ccccc3)cs2)n1. The van der Waals surface area contributed by atoms with Crippen LogP contribution in [0.3, 0.4) is 0 Å². The first kappa shape index (κ1) is 18.7. The molecular formula is C21H18N4O3S. The number of nitrogens with zero attached hydrogens (tertiary/aromatic N) is 2. The Kier molecular flexibility index (Phi) is 5.26. The van der Waals surface area contributed by atoms with Crippen LogP contribution in [0.1, 0.15) is 28.0 Å². The fourth-order valence-corrected chi connectivity index (χ4v) is 3.63. The van der Waals surface area contributed by atoms with Crippen LogP contribution in [0.15, 0.2) is 70.7 Å². The second kappa shape index (κ2) is 8.15. The number of phenols is 1. The van der Waals surface area contributed by atoms with Gasteiger partial charge < -0.3 is 20.6 Å². The van der Waals surface area contributed by atoms with Crippen LogP contribution in [-0.4, -0.2) is 21.0 Å². The molecule has 0 aliphatic carbocycles. The Morgan fingerprint density at radius 3 is 2.59 bits per heavy atom. The van der Waals surface area contributed by atoms with Crippen molar-refractivity contribution in [2.75, 3.05) is 5.32 Å². The molecule has 0 radical (unpaired) electrons. The zero-order valence-electron chi connectivity index (χ0n) is 15.3. The number of hydrogen-bond acceptors (Lipinski definition) is 7. The number of nitrogens with one attached hydrogen (secondary N) is 1. The number of amides is 1. The number of benzene rings is 2. The highest BCUT2D eigenvalue weighted by Crippen LogP contribution is 2.29. The highest BCUT2D eigenvalue weighted by Gasteiger charge is 2.21. The Morgan fingerprint density at radius 2 is 1.90 bits per heavy atom. The van der Waals surface area contributed by atoms with Gasteiger partial charge in [0.15, 0.2) is 10.8 Å². The summed E-state index contributed by atoms with van der Waals surface area (Å²) < 4.78 is 5.50. The van der Waals surface area contributed by atoms with Crippen LogP contribution in [0.25, 0.3) is 11.3 Å². The van der Waals surface area contributed by atoms with Crippen LogP contribution in [0.4, 0.5) is 5.13 Å². The molecule has 0 saturated heterocycles. The number of phenolic OH excluding ortho intramolecular Hbond substituents is 1. The maximum atomic E-state index is 11.4. The van der Waals surface area contributed by atoms with E-state index in [4.69, 9.17) is 10.2 Å². The lowest BCUT2D eigenvalue weighted by Gasteiger charge is -2.15. The van der Waals surface area contributed by atoms with Crippen LogP contribution >= 0.6 is 11.3 Å². The van der Waals surface area contributed by atoms with E-state index in [0.29, 0.717) is 17.4 Å². The van der Waals surface area contributed by atoms with E-state index < -0.39 is 5.91 Å². The van der Waals surface area contributed by atoms with Crippen molar-refractivity contribution in [2.24, 2.45) is 5.73 Å². The largest absolute Gasteiger partial charge is 0.508 e. The van der Waals surface area contributed by atoms with Crippen molar-refractivity contribution in [3.8, 4) is 17.0 Å². The van der Waals surface area contributed by atoms with Gasteiger partial charge in [-0.25, -0.2) is 9.97 Å². The summed E-state index contributed by atoms with van der Waals surface area (Å²) in [6.07, 6.45) is 1.76. The van der Waals surface area contributed by atoms with E-state index >= 15 is 0 Å². The lowest BCUT2D eigenvalue weighted by molar-refractivity contribution is 0.0995. The minimum atomic E-state index is -0.649. The Morgan fingerprint density at radius 1 is 1.14 bits per heavy atom. The molecule has 2 aromatic heterocycles. The third kappa shape index (κ3) is 4.44. The zero-order chi connectivity index (χ0) is 20.2. The van der Waals surface area contributed by atoms with Crippen molar-refractivity contribution in [3.05, 3.63) is 83.4 Å². The predicted octanol–water partition coefficient (Wildman–Crippen LogP) is 4.00. The number of primary amides is 1. The van der Waals surface area contributed by atoms with Gasteiger partial charge in [0, 0.05) is 17.4 Å². The molecule has 8 heteroatoms. The molecule has 0 spiro atoms. The van der Waals surface area contributed by atoms with Gasteiger partial charge in [0.1, 0.15) is 18.1 Å². The summed E-state index contributed by atoms with van der Waals surface area (Å²) in [5.41, 5.74) is 8.22. The number of carbonyl (C=O) groups excluding carboxylic acids is 1. The Labute approximate surface area is 170 Å². The van der Waals surface area contributed by atoms with Crippen LogP contribution in [0.2, 0.25) is 0 Å². The van der Waals surface area contributed by atoms with Gasteiger partial charge in [-0.1, -0.05) is 42.5 Å². The minimum Gasteiger partial charge on any atom is -0.508 e. The normalized spacial score (nSPS) is 11.9. The summed E-state index contributed by atoms with van der Waals surface area (Å²) in [7, 11) is 0. The van der Waals surface area contributed by atoms with E-state index in [0.717, 1.165) is 16.8 Å². The average Bonchev–Trinajstić information content (AvgIpc) is 3.40. The van der Waals surface area contributed by atoms with Crippen LogP contribution in [0.5, 0.6) is 5.75 Å². The zero-order valence-corrected chi connectivity index (χ0v) is 16.1. The first-order chi connectivity index (χ1) is 14.1. The molecule has 0 bridgehead atoms. The fraction of sp³-hybridized carbons (Fsp3) is 0.0952. The van der Waals surface area contributed by atoms with Gasteiger partial charge >= 0.3 is 0 Å². The number of thiazole rings is 1. The van der Waals surface area contributed by atoms with E-state index in [1.165, 1.54) is 17.6 Å². The molecule has 1 atom stereocenters. The van der Waals surface area contributed by atoms with Gasteiger partial charge in [-0.15, -0.1) is 11.3 Å². The maximum absolute atomic E-state index is 11.4. The molecule has 2 heterocycles. The second-order valence-corrected chi connectivity index (χ2v) is 7.26. The Balaban J connectivity index is 1.60. The molecule has 146 valence electrons. The Hall–Kier alpha value is -3.65. The number of anilines is 1. The van der Waals surface area contributed by atoms with Crippen molar-refractivity contribution >= 4 is 22.4 Å². The van der Waals surface area contributed by atoms with Gasteiger partial charge in [-0.2, -0.15) is 0 Å². The van der Waals surface area contributed by atoms with Crippen molar-refractivity contribution in [1.82, 2.24) is 9.97 Å². The third-order valence-corrected chi connectivity index (χ3v) is 5.09. The first-order valence-electron chi connectivity index (χ1n) is 8.89. The van der Waals surface area contributed by atoms with Crippen LogP contribution in [0, 0.1) is 0 Å². The smallest absolute Gasteiger partial charge is 0.270 e. The van der Waals surface area contributed by atoms with Gasteiger partial charge in [0.25, 0.3) is 5.91 Å². The molecule has 0 aliphatic rings. The number of oxazole rings is 1. The summed E-state index contributed by atoms with van der Waals surface area (Å²) in [6, 6.07) is 16.4. The quantitative estimate of drug-likeness (QED) is 0.427. The number of nitrogens with two attached hydrogens (primary N) is 1. The third-order valence-electron chi connectivity index (χ3n) is 4.32. The Bertz CT molecular complexity index is 1110. The topological polar surface area (TPSA) is 114 Å². The summed E-state index contributed by atoms with van der Waals surface area (Å²) in [5.74, 6) is -0.120. The molecule has 4 aromatic rings. The number of aromatic nitrogens is 2. The summed E-state index contributed by atoms with van der Waals surface area (Å²) in [5, 5.41) is 15.5. The summed E-state index contributed by atoms with van der Waals surface area (Å²) in [4.78, 5) is 20.3. The number of aromatic hydroxyl groups is 1. The second-order valence-electron chi connectivity index (χ2n) is 6.41. The van der Waals surface area contributed by atoms with E-state index in [-0.39, 0.29) is 17.5 Å². The first-order valence-corrected chi connectivity index (χ1v) is 9.77. The minimum absolute atomic E-state index is 0.0709. The number of carbonyl (C=O) groups is 1. The lowest BCUT2D eigenvalue weighted by Crippen LogP contribution is -2.16. The highest BCUT2D eigenvalue weighted by molar-refractivity contribution is 7.14. The molecule has 29 heavy (non-hydrogen) atoms. The molecule has 7 nitrogen and oxygen atoms in total. The van der Waals surface area contributed by atoms with E-state index in [1.807, 2.05) is 47.8 Å². The van der Waals surface area contributed by atoms with Gasteiger partial charge in [-0.05, 0) is 17.7 Å². The van der Waals surface area contributed by atoms with Crippen molar-refractivity contribution in [1.29, 1.82) is 0 Å². The molecule has 0 aliphatic heterocycles. The standard InChI is InChI=1S/C21H18N4O3S/c22-19(27)17-11-28-20(23-17)16(10-13-6-8-15(26)9-7-13)24-21-25-18(12-29-21)14-4-2-1-3-5-14/h1-9,11-12,16,26H,10H2,(H2,22,27)(H,24,25)/t16-/m0/s1. The van der Waals surface area contributed by atoms with E-state index in [9.17, 15) is 9.90 Å². The molecule has 2 aromatic carbocycles. The molecule has 0 unspecified atom stereocenters. The van der Waals surface area contributed by atoms with Crippen LogP contribution in [-0.2, 0) is 6.42 Å². The highest BCUT2D eigenvalue weighted by atomic mass is 32.1. The number of hydrogen-bond donors (Lipinski definition) is 3. The van der Waals surface area contributed by atoms with Crippen molar-refractivity contribution < 1.29 is 14.3 Å². The molecule has 1 amide bonds. The summed E-state index contributed by atoms with van der Waals surface area (Å²) in [6.45, 7) is 0. The van der Waals surface area contributed by atoms with Gasteiger partial charge in [0.05, 0.1) is 5.69 Å². The van der Waals surface area contributed by atoms with Gasteiger partial charge in [0.2, 0.25) is 5.89 Å². The van der Waals surface area contributed by atoms with E-state index in [2.05, 4.69) is 15.3 Å². The monoisotopic (exact) mass is 406 g/mol.